The fraction of sp³-hybridized carbons (Fsp3) is 0.133. The van der Waals surface area contributed by atoms with Gasteiger partial charge in [-0.25, -0.2) is 0 Å². The zero-order chi connectivity index (χ0) is 21.3. The lowest BCUT2D eigenvalue weighted by Gasteiger charge is -2.22. The maximum Gasteiger partial charge on any atom is 0.0181 e. The van der Waals surface area contributed by atoms with Gasteiger partial charge in [0, 0.05) is 4.47 Å². The second kappa shape index (κ2) is 6.55. The fourth-order valence-electron chi connectivity index (χ4n) is 4.89. The van der Waals surface area contributed by atoms with E-state index in [0.29, 0.717) is 0 Å². The van der Waals surface area contributed by atoms with E-state index in [9.17, 15) is 0 Å². The number of halogens is 1. The molecule has 0 spiro atoms. The summed E-state index contributed by atoms with van der Waals surface area (Å²) in [6, 6.07) is 31.8. The Kier molecular flexibility index (Phi) is 3.98. The third kappa shape index (κ3) is 2.95. The van der Waals surface area contributed by atoms with Crippen LogP contribution in [0.2, 0.25) is 0 Å². The standard InChI is InChI=1S/C30H23Br/c1-30(2,3)24-15-22-7-4-18-9-12-26(27-13-10-23(16-24)28(22)29(18)27)21-6-5-20-17-25(31)11-8-19(20)14-21/h4-17H,1-3H3. The molecule has 0 aliphatic rings. The Morgan fingerprint density at radius 3 is 1.94 bits per heavy atom. The summed E-state index contributed by atoms with van der Waals surface area (Å²) >= 11 is 3.58. The maximum atomic E-state index is 3.58. The first-order valence-corrected chi connectivity index (χ1v) is 11.6. The van der Waals surface area contributed by atoms with Crippen molar-refractivity contribution in [2.24, 2.45) is 0 Å². The molecule has 150 valence electrons. The van der Waals surface area contributed by atoms with E-state index in [1.165, 1.54) is 59.8 Å². The van der Waals surface area contributed by atoms with E-state index in [2.05, 4.69) is 122 Å². The lowest BCUT2D eigenvalue weighted by molar-refractivity contribution is 0.591. The molecule has 0 heterocycles. The predicted molar refractivity (Wildman–Crippen MR) is 139 cm³/mol. The highest BCUT2D eigenvalue weighted by Crippen LogP contribution is 2.41. The normalized spacial score (nSPS) is 12.5. The van der Waals surface area contributed by atoms with Crippen molar-refractivity contribution in [1.82, 2.24) is 0 Å². The van der Waals surface area contributed by atoms with Crippen LogP contribution in [0.3, 0.4) is 0 Å². The van der Waals surface area contributed by atoms with Crippen molar-refractivity contribution in [3.05, 3.63) is 95.0 Å². The first-order valence-electron chi connectivity index (χ1n) is 10.8. The highest BCUT2D eigenvalue weighted by atomic mass is 79.9. The molecule has 6 aromatic carbocycles. The largest absolute Gasteiger partial charge is 0.0561 e. The van der Waals surface area contributed by atoms with Gasteiger partial charge in [0.2, 0.25) is 0 Å². The molecule has 0 aliphatic carbocycles. The number of hydrogen-bond acceptors (Lipinski definition) is 0. The Morgan fingerprint density at radius 2 is 1.16 bits per heavy atom. The topological polar surface area (TPSA) is 0 Å². The van der Waals surface area contributed by atoms with Crippen LogP contribution in [0.4, 0.5) is 0 Å². The van der Waals surface area contributed by atoms with E-state index in [0.717, 1.165) is 4.47 Å². The van der Waals surface area contributed by atoms with Gasteiger partial charge in [0.15, 0.2) is 0 Å². The summed E-state index contributed by atoms with van der Waals surface area (Å²) in [5, 5.41) is 10.6. The minimum atomic E-state index is 0.135. The van der Waals surface area contributed by atoms with Gasteiger partial charge in [-0.05, 0) is 83.4 Å². The average Bonchev–Trinajstić information content (AvgIpc) is 2.76. The second-order valence-corrected chi connectivity index (χ2v) is 10.6. The van der Waals surface area contributed by atoms with Crippen molar-refractivity contribution < 1.29 is 0 Å². The molecule has 0 aromatic heterocycles. The minimum Gasteiger partial charge on any atom is -0.0561 e. The van der Waals surface area contributed by atoms with Crippen molar-refractivity contribution in [3.63, 3.8) is 0 Å². The Bertz CT molecular complexity index is 1600. The monoisotopic (exact) mass is 462 g/mol. The van der Waals surface area contributed by atoms with Crippen LogP contribution in [0.25, 0.3) is 54.2 Å². The predicted octanol–water partition coefficient (Wildman–Crippen LogP) is 9.46. The van der Waals surface area contributed by atoms with Gasteiger partial charge in [-0.15, -0.1) is 0 Å². The van der Waals surface area contributed by atoms with E-state index in [4.69, 9.17) is 0 Å². The zero-order valence-electron chi connectivity index (χ0n) is 18.0. The zero-order valence-corrected chi connectivity index (χ0v) is 19.5. The van der Waals surface area contributed by atoms with Crippen molar-refractivity contribution >= 4 is 59.0 Å². The van der Waals surface area contributed by atoms with Crippen LogP contribution in [-0.4, -0.2) is 0 Å². The maximum absolute atomic E-state index is 3.58. The summed E-state index contributed by atoms with van der Waals surface area (Å²) in [6.07, 6.45) is 0. The number of hydrogen-bond donors (Lipinski definition) is 0. The number of rotatable bonds is 1. The summed E-state index contributed by atoms with van der Waals surface area (Å²) in [4.78, 5) is 0. The lowest BCUT2D eigenvalue weighted by Crippen LogP contribution is -2.10. The molecule has 0 bridgehead atoms. The van der Waals surface area contributed by atoms with E-state index in [1.54, 1.807) is 0 Å². The van der Waals surface area contributed by atoms with E-state index < -0.39 is 0 Å². The molecule has 0 fully saturated rings. The van der Waals surface area contributed by atoms with E-state index >= 15 is 0 Å². The van der Waals surface area contributed by atoms with Crippen LogP contribution in [0, 0.1) is 0 Å². The van der Waals surface area contributed by atoms with Crippen molar-refractivity contribution in [2.75, 3.05) is 0 Å². The molecule has 6 aromatic rings. The second-order valence-electron chi connectivity index (χ2n) is 9.64. The summed E-state index contributed by atoms with van der Waals surface area (Å²) in [6.45, 7) is 6.86. The number of fused-ring (bicyclic) bond motifs is 1. The first-order chi connectivity index (χ1) is 14.9. The lowest BCUT2D eigenvalue weighted by atomic mass is 9.82. The summed E-state index contributed by atoms with van der Waals surface area (Å²) in [7, 11) is 0. The smallest absolute Gasteiger partial charge is 0.0181 e. The third-order valence-electron chi connectivity index (χ3n) is 6.58. The average molecular weight is 463 g/mol. The molecule has 0 aliphatic heterocycles. The molecule has 0 nitrogen and oxygen atoms in total. The fourth-order valence-corrected chi connectivity index (χ4v) is 5.27. The van der Waals surface area contributed by atoms with Gasteiger partial charge < -0.3 is 0 Å². The third-order valence-corrected chi connectivity index (χ3v) is 7.07. The molecule has 31 heavy (non-hydrogen) atoms. The van der Waals surface area contributed by atoms with Crippen molar-refractivity contribution in [1.29, 1.82) is 0 Å². The Hall–Kier alpha value is -2.90. The van der Waals surface area contributed by atoms with Gasteiger partial charge in [-0.2, -0.15) is 0 Å². The molecule has 0 saturated carbocycles. The van der Waals surface area contributed by atoms with Crippen LogP contribution in [0.1, 0.15) is 26.3 Å². The summed E-state index contributed by atoms with van der Waals surface area (Å²) in [5.41, 5.74) is 4.09. The molecule has 1 heteroatoms. The van der Waals surface area contributed by atoms with Crippen LogP contribution in [0.5, 0.6) is 0 Å². The van der Waals surface area contributed by atoms with Crippen molar-refractivity contribution in [3.8, 4) is 11.1 Å². The Balaban J connectivity index is 1.66. The van der Waals surface area contributed by atoms with Gasteiger partial charge in [0.05, 0.1) is 0 Å². The molecular weight excluding hydrogens is 440 g/mol. The van der Waals surface area contributed by atoms with Gasteiger partial charge in [-0.1, -0.05) is 103 Å². The molecule has 0 atom stereocenters. The first kappa shape index (κ1) is 18.8. The van der Waals surface area contributed by atoms with Crippen LogP contribution < -0.4 is 0 Å². The number of benzene rings is 6. The highest BCUT2D eigenvalue weighted by molar-refractivity contribution is 9.10. The SMILES string of the molecule is CC(C)(C)c1cc2ccc3ccc(-c4ccc5cc(Br)ccc5c4)c4ccc(c1)c2c34. The van der Waals surface area contributed by atoms with Gasteiger partial charge in [0.25, 0.3) is 0 Å². The van der Waals surface area contributed by atoms with Gasteiger partial charge in [-0.3, -0.25) is 0 Å². The minimum absolute atomic E-state index is 0.135. The quantitative estimate of drug-likeness (QED) is 0.213. The summed E-state index contributed by atoms with van der Waals surface area (Å²) in [5.74, 6) is 0. The summed E-state index contributed by atoms with van der Waals surface area (Å²) < 4.78 is 1.12. The molecule has 0 amide bonds. The molecule has 6 rings (SSSR count). The molecule has 0 N–H and O–H groups in total. The van der Waals surface area contributed by atoms with Crippen molar-refractivity contribution in [2.45, 2.75) is 26.2 Å². The molecule has 0 saturated heterocycles. The van der Waals surface area contributed by atoms with Crippen LogP contribution in [0.15, 0.2) is 89.4 Å². The van der Waals surface area contributed by atoms with Crippen LogP contribution >= 0.6 is 15.9 Å². The molecular formula is C30H23Br. The van der Waals surface area contributed by atoms with Gasteiger partial charge in [0.1, 0.15) is 0 Å². The molecule has 0 radical (unpaired) electrons. The Morgan fingerprint density at radius 1 is 0.548 bits per heavy atom. The van der Waals surface area contributed by atoms with Gasteiger partial charge >= 0.3 is 0 Å². The molecule has 0 unspecified atom stereocenters. The highest BCUT2D eigenvalue weighted by Gasteiger charge is 2.18. The van der Waals surface area contributed by atoms with E-state index in [1.807, 2.05) is 0 Å². The van der Waals surface area contributed by atoms with Crippen LogP contribution in [-0.2, 0) is 5.41 Å². The van der Waals surface area contributed by atoms with E-state index in [-0.39, 0.29) is 5.41 Å². The Labute approximate surface area is 191 Å².